The number of hydrogen-bond acceptors (Lipinski definition) is 3. The fraction of sp³-hybridized carbons (Fsp3) is 0.583. The van der Waals surface area contributed by atoms with Crippen molar-refractivity contribution < 1.29 is 4.79 Å². The SMILES string of the molecule is CC(C(=O)NC1CCCNC1)c1ccc(Br)s1.Cl. The molecule has 1 aromatic heterocycles. The highest BCUT2D eigenvalue weighted by molar-refractivity contribution is 9.11. The molecule has 2 rings (SSSR count). The molecule has 2 N–H and O–H groups in total. The van der Waals surface area contributed by atoms with Crippen molar-refractivity contribution in [2.75, 3.05) is 13.1 Å². The van der Waals surface area contributed by atoms with Crippen molar-refractivity contribution in [2.45, 2.75) is 31.7 Å². The van der Waals surface area contributed by atoms with Gasteiger partial charge in [-0.3, -0.25) is 4.79 Å². The summed E-state index contributed by atoms with van der Waals surface area (Å²) in [5, 5.41) is 6.42. The summed E-state index contributed by atoms with van der Waals surface area (Å²) < 4.78 is 1.08. The predicted molar refractivity (Wildman–Crippen MR) is 81.7 cm³/mol. The lowest BCUT2D eigenvalue weighted by Gasteiger charge is -2.25. The number of thiophene rings is 1. The van der Waals surface area contributed by atoms with E-state index in [0.717, 1.165) is 34.6 Å². The Morgan fingerprint density at radius 3 is 2.94 bits per heavy atom. The average Bonchev–Trinajstić information content (AvgIpc) is 2.76. The van der Waals surface area contributed by atoms with Crippen LogP contribution in [0.25, 0.3) is 0 Å². The highest BCUT2D eigenvalue weighted by atomic mass is 79.9. The Morgan fingerprint density at radius 1 is 1.61 bits per heavy atom. The number of nitrogens with one attached hydrogen (secondary N) is 2. The molecule has 2 atom stereocenters. The lowest BCUT2D eigenvalue weighted by Crippen LogP contribution is -2.46. The van der Waals surface area contributed by atoms with Crippen LogP contribution in [0.15, 0.2) is 15.9 Å². The van der Waals surface area contributed by atoms with Crippen molar-refractivity contribution in [3.05, 3.63) is 20.8 Å². The normalized spacial score (nSPS) is 20.9. The minimum atomic E-state index is -0.0618. The van der Waals surface area contributed by atoms with Crippen LogP contribution in [-0.2, 0) is 4.79 Å². The Kier molecular flexibility index (Phi) is 6.63. The van der Waals surface area contributed by atoms with Crippen LogP contribution >= 0.6 is 39.7 Å². The van der Waals surface area contributed by atoms with Gasteiger partial charge in [-0.25, -0.2) is 0 Å². The summed E-state index contributed by atoms with van der Waals surface area (Å²) in [4.78, 5) is 13.2. The predicted octanol–water partition coefficient (Wildman–Crippen LogP) is 2.90. The van der Waals surface area contributed by atoms with E-state index >= 15 is 0 Å². The molecule has 1 aromatic rings. The van der Waals surface area contributed by atoms with E-state index in [1.807, 2.05) is 19.1 Å². The second kappa shape index (κ2) is 7.48. The molecular formula is C12H18BrClN2OS. The van der Waals surface area contributed by atoms with E-state index in [1.165, 1.54) is 0 Å². The van der Waals surface area contributed by atoms with Gasteiger partial charge in [0.05, 0.1) is 9.70 Å². The minimum absolute atomic E-state index is 0. The van der Waals surface area contributed by atoms with Gasteiger partial charge in [-0.1, -0.05) is 0 Å². The first kappa shape index (κ1) is 16.0. The molecule has 0 saturated carbocycles. The van der Waals surface area contributed by atoms with Crippen molar-refractivity contribution in [3.8, 4) is 0 Å². The van der Waals surface area contributed by atoms with E-state index in [-0.39, 0.29) is 24.2 Å². The zero-order chi connectivity index (χ0) is 12.3. The highest BCUT2D eigenvalue weighted by Crippen LogP contribution is 2.28. The third kappa shape index (κ3) is 4.23. The lowest BCUT2D eigenvalue weighted by atomic mass is 10.1. The van der Waals surface area contributed by atoms with E-state index in [2.05, 4.69) is 26.6 Å². The second-order valence-electron chi connectivity index (χ2n) is 4.42. The van der Waals surface area contributed by atoms with E-state index in [9.17, 15) is 4.79 Å². The van der Waals surface area contributed by atoms with Crippen LogP contribution in [-0.4, -0.2) is 25.0 Å². The lowest BCUT2D eigenvalue weighted by molar-refractivity contribution is -0.122. The molecule has 102 valence electrons. The van der Waals surface area contributed by atoms with Gasteiger partial charge in [0.1, 0.15) is 0 Å². The molecule has 1 aliphatic rings. The zero-order valence-electron chi connectivity index (χ0n) is 10.2. The fourth-order valence-corrected chi connectivity index (χ4v) is 3.47. The quantitative estimate of drug-likeness (QED) is 0.877. The Bertz CT molecular complexity index is 393. The first-order chi connectivity index (χ1) is 8.16. The molecule has 0 aliphatic carbocycles. The largest absolute Gasteiger partial charge is 0.352 e. The van der Waals surface area contributed by atoms with Crippen molar-refractivity contribution in [1.82, 2.24) is 10.6 Å². The molecular weight excluding hydrogens is 336 g/mol. The Labute approximate surface area is 126 Å². The van der Waals surface area contributed by atoms with Crippen molar-refractivity contribution in [1.29, 1.82) is 0 Å². The third-order valence-corrected chi connectivity index (χ3v) is 4.86. The molecule has 0 radical (unpaired) electrons. The summed E-state index contributed by atoms with van der Waals surface area (Å²) in [5.74, 6) is 0.0706. The van der Waals surface area contributed by atoms with Gasteiger partial charge < -0.3 is 10.6 Å². The number of piperidine rings is 1. The molecule has 18 heavy (non-hydrogen) atoms. The summed E-state index contributed by atoms with van der Waals surface area (Å²) in [6.07, 6.45) is 2.23. The molecule has 3 nitrogen and oxygen atoms in total. The highest BCUT2D eigenvalue weighted by Gasteiger charge is 2.21. The zero-order valence-corrected chi connectivity index (χ0v) is 13.5. The van der Waals surface area contributed by atoms with Crippen LogP contribution in [0.2, 0.25) is 0 Å². The Hall–Kier alpha value is -0.100. The van der Waals surface area contributed by atoms with Crippen LogP contribution in [0.3, 0.4) is 0 Å². The molecule has 1 fully saturated rings. The van der Waals surface area contributed by atoms with E-state index in [0.29, 0.717) is 6.04 Å². The first-order valence-electron chi connectivity index (χ1n) is 5.93. The molecule has 1 aliphatic heterocycles. The first-order valence-corrected chi connectivity index (χ1v) is 7.54. The Balaban J connectivity index is 0.00000162. The van der Waals surface area contributed by atoms with Gasteiger partial charge in [-0.15, -0.1) is 23.7 Å². The van der Waals surface area contributed by atoms with Crippen molar-refractivity contribution in [3.63, 3.8) is 0 Å². The number of rotatable bonds is 3. The number of halogens is 2. The van der Waals surface area contributed by atoms with Gasteiger partial charge in [0, 0.05) is 17.5 Å². The second-order valence-corrected chi connectivity index (χ2v) is 6.91. The number of amides is 1. The van der Waals surface area contributed by atoms with Crippen LogP contribution < -0.4 is 10.6 Å². The summed E-state index contributed by atoms with van der Waals surface area (Å²) in [6.45, 7) is 3.93. The summed E-state index contributed by atoms with van der Waals surface area (Å²) in [7, 11) is 0. The maximum atomic E-state index is 12.1. The molecule has 2 heterocycles. The molecule has 0 bridgehead atoms. The Morgan fingerprint density at radius 2 is 2.39 bits per heavy atom. The molecule has 1 saturated heterocycles. The van der Waals surface area contributed by atoms with Gasteiger partial charge in [-0.2, -0.15) is 0 Å². The van der Waals surface area contributed by atoms with Gasteiger partial charge in [0.15, 0.2) is 0 Å². The molecule has 6 heteroatoms. The van der Waals surface area contributed by atoms with Gasteiger partial charge in [-0.05, 0) is 54.4 Å². The minimum Gasteiger partial charge on any atom is -0.352 e. The molecule has 2 unspecified atom stereocenters. The summed E-state index contributed by atoms with van der Waals surface area (Å²) in [6, 6.07) is 4.30. The van der Waals surface area contributed by atoms with Crippen LogP contribution in [0.1, 0.15) is 30.6 Å². The van der Waals surface area contributed by atoms with Gasteiger partial charge in [0.2, 0.25) is 5.91 Å². The average molecular weight is 354 g/mol. The molecule has 0 spiro atoms. The maximum Gasteiger partial charge on any atom is 0.228 e. The van der Waals surface area contributed by atoms with E-state index < -0.39 is 0 Å². The standard InChI is InChI=1S/C12H17BrN2OS.ClH/c1-8(10-4-5-11(13)17-10)12(16)15-9-3-2-6-14-7-9;/h4-5,8-9,14H,2-3,6-7H2,1H3,(H,15,16);1H. The fourth-order valence-electron chi connectivity index (χ4n) is 1.99. The van der Waals surface area contributed by atoms with Gasteiger partial charge in [0.25, 0.3) is 0 Å². The van der Waals surface area contributed by atoms with Crippen LogP contribution in [0.4, 0.5) is 0 Å². The van der Waals surface area contributed by atoms with Crippen molar-refractivity contribution >= 4 is 45.6 Å². The maximum absolute atomic E-state index is 12.1. The van der Waals surface area contributed by atoms with Crippen LogP contribution in [0, 0.1) is 0 Å². The number of carbonyl (C=O) groups is 1. The summed E-state index contributed by atoms with van der Waals surface area (Å²) >= 11 is 5.05. The molecule has 0 aromatic carbocycles. The van der Waals surface area contributed by atoms with Crippen LogP contribution in [0.5, 0.6) is 0 Å². The smallest absolute Gasteiger partial charge is 0.228 e. The third-order valence-electron chi connectivity index (χ3n) is 3.06. The van der Waals surface area contributed by atoms with Crippen molar-refractivity contribution in [2.24, 2.45) is 0 Å². The topological polar surface area (TPSA) is 41.1 Å². The number of hydrogen-bond donors (Lipinski definition) is 2. The monoisotopic (exact) mass is 352 g/mol. The van der Waals surface area contributed by atoms with E-state index in [1.54, 1.807) is 11.3 Å². The van der Waals surface area contributed by atoms with Gasteiger partial charge >= 0.3 is 0 Å². The molecule has 1 amide bonds. The summed E-state index contributed by atoms with van der Waals surface area (Å²) in [5.41, 5.74) is 0. The number of carbonyl (C=O) groups excluding carboxylic acids is 1. The van der Waals surface area contributed by atoms with E-state index in [4.69, 9.17) is 0 Å².